The molecular weight excluding hydrogens is 498 g/mol. The summed E-state index contributed by atoms with van der Waals surface area (Å²) >= 11 is 7.53. The molecule has 7 nitrogen and oxygen atoms in total. The van der Waals surface area contributed by atoms with Crippen LogP contribution in [0.4, 0.5) is 5.69 Å². The third-order valence-corrected chi connectivity index (χ3v) is 6.52. The Kier molecular flexibility index (Phi) is 8.20. The van der Waals surface area contributed by atoms with E-state index in [9.17, 15) is 14.4 Å². The molecule has 2 aromatic carbocycles. The number of anilines is 1. The summed E-state index contributed by atoms with van der Waals surface area (Å²) < 4.78 is 5.33. The van der Waals surface area contributed by atoms with E-state index in [0.717, 1.165) is 5.56 Å². The highest BCUT2D eigenvalue weighted by Crippen LogP contribution is 2.30. The zero-order valence-corrected chi connectivity index (χ0v) is 21.0. The predicted octanol–water partition coefficient (Wildman–Crippen LogP) is 5.12. The lowest BCUT2D eigenvalue weighted by atomic mass is 10.0. The lowest BCUT2D eigenvalue weighted by Crippen LogP contribution is -2.47. The van der Waals surface area contributed by atoms with Gasteiger partial charge in [-0.05, 0) is 54.3 Å². The van der Waals surface area contributed by atoms with Crippen LogP contribution < -0.4 is 15.5 Å². The molecule has 0 spiro atoms. The Labute approximate surface area is 217 Å². The second-order valence-corrected chi connectivity index (χ2v) is 9.40. The standard InChI is InChI=1S/C27H24ClN3O4S/c1-18-9-11-19(12-10-18)25(27(34)29-16-22-7-3-13-35-22)31(21-6-2-5-20(28)15-21)24(32)17-30-26(33)23-8-4-14-36-23/h2-15,25H,16-17H2,1H3,(H,29,34)(H,30,33). The van der Waals surface area contributed by atoms with Crippen LogP contribution in [-0.2, 0) is 16.1 Å². The van der Waals surface area contributed by atoms with Crippen molar-refractivity contribution in [2.24, 2.45) is 0 Å². The van der Waals surface area contributed by atoms with Crippen LogP contribution in [0.2, 0.25) is 5.02 Å². The van der Waals surface area contributed by atoms with Gasteiger partial charge in [0.1, 0.15) is 11.8 Å². The number of thiophene rings is 1. The van der Waals surface area contributed by atoms with Crippen LogP contribution in [0.5, 0.6) is 0 Å². The van der Waals surface area contributed by atoms with Gasteiger partial charge in [0.2, 0.25) is 11.8 Å². The SMILES string of the molecule is Cc1ccc(C(C(=O)NCc2ccco2)N(C(=O)CNC(=O)c2cccs2)c2cccc(Cl)c2)cc1. The fourth-order valence-corrected chi connectivity index (χ4v) is 4.47. The number of benzene rings is 2. The topological polar surface area (TPSA) is 91.7 Å². The fraction of sp³-hybridized carbons (Fsp3) is 0.148. The molecule has 1 atom stereocenters. The minimum absolute atomic E-state index is 0.154. The van der Waals surface area contributed by atoms with Gasteiger partial charge in [-0.1, -0.05) is 53.6 Å². The number of hydrogen-bond donors (Lipinski definition) is 2. The Hall–Kier alpha value is -3.88. The van der Waals surface area contributed by atoms with E-state index in [2.05, 4.69) is 10.6 Å². The molecule has 184 valence electrons. The van der Waals surface area contributed by atoms with Crippen molar-refractivity contribution >= 4 is 46.3 Å². The van der Waals surface area contributed by atoms with Crippen LogP contribution >= 0.6 is 22.9 Å². The number of halogens is 1. The van der Waals surface area contributed by atoms with E-state index in [4.69, 9.17) is 16.0 Å². The largest absolute Gasteiger partial charge is 0.467 e. The summed E-state index contributed by atoms with van der Waals surface area (Å²) in [6.07, 6.45) is 1.52. The molecule has 0 radical (unpaired) electrons. The summed E-state index contributed by atoms with van der Waals surface area (Å²) in [5, 5.41) is 7.71. The summed E-state index contributed by atoms with van der Waals surface area (Å²) in [6, 6.07) is 20.0. The molecule has 2 N–H and O–H groups in total. The first-order valence-electron chi connectivity index (χ1n) is 11.2. The molecule has 0 aliphatic rings. The van der Waals surface area contributed by atoms with Crippen molar-refractivity contribution in [3.05, 3.63) is 111 Å². The number of furan rings is 1. The molecule has 0 aliphatic carbocycles. The second kappa shape index (κ2) is 11.7. The Bertz CT molecular complexity index is 1320. The number of aryl methyl sites for hydroxylation is 1. The number of hydrogen-bond acceptors (Lipinski definition) is 5. The highest BCUT2D eigenvalue weighted by Gasteiger charge is 2.33. The van der Waals surface area contributed by atoms with Gasteiger partial charge in [-0.15, -0.1) is 11.3 Å². The van der Waals surface area contributed by atoms with Gasteiger partial charge in [0.15, 0.2) is 0 Å². The molecule has 3 amide bonds. The van der Waals surface area contributed by atoms with Gasteiger partial charge in [0.25, 0.3) is 5.91 Å². The van der Waals surface area contributed by atoms with E-state index >= 15 is 0 Å². The van der Waals surface area contributed by atoms with Crippen molar-refractivity contribution in [2.75, 3.05) is 11.4 Å². The number of nitrogens with one attached hydrogen (secondary N) is 2. The van der Waals surface area contributed by atoms with Gasteiger partial charge < -0.3 is 15.1 Å². The summed E-state index contributed by atoms with van der Waals surface area (Å²) in [6.45, 7) is 1.79. The molecule has 36 heavy (non-hydrogen) atoms. The van der Waals surface area contributed by atoms with E-state index in [1.165, 1.54) is 22.5 Å². The molecule has 0 bridgehead atoms. The molecule has 0 saturated heterocycles. The first-order chi connectivity index (χ1) is 17.4. The second-order valence-electron chi connectivity index (χ2n) is 8.01. The first-order valence-corrected chi connectivity index (χ1v) is 12.4. The Morgan fingerprint density at radius 2 is 1.81 bits per heavy atom. The molecule has 2 heterocycles. The van der Waals surface area contributed by atoms with Crippen molar-refractivity contribution in [1.29, 1.82) is 0 Å². The van der Waals surface area contributed by atoms with E-state index in [0.29, 0.717) is 26.9 Å². The number of rotatable bonds is 9. The maximum Gasteiger partial charge on any atom is 0.261 e. The highest BCUT2D eigenvalue weighted by atomic mass is 35.5. The van der Waals surface area contributed by atoms with Crippen LogP contribution in [0, 0.1) is 6.92 Å². The smallest absolute Gasteiger partial charge is 0.261 e. The first kappa shape index (κ1) is 25.2. The highest BCUT2D eigenvalue weighted by molar-refractivity contribution is 7.12. The lowest BCUT2D eigenvalue weighted by Gasteiger charge is -2.31. The van der Waals surface area contributed by atoms with Crippen LogP contribution in [0.3, 0.4) is 0 Å². The van der Waals surface area contributed by atoms with Crippen LogP contribution in [-0.4, -0.2) is 24.3 Å². The lowest BCUT2D eigenvalue weighted by molar-refractivity contribution is -0.126. The average Bonchev–Trinajstić information content (AvgIpc) is 3.60. The maximum atomic E-state index is 13.6. The van der Waals surface area contributed by atoms with Crippen molar-refractivity contribution < 1.29 is 18.8 Å². The number of amides is 3. The molecule has 0 aliphatic heterocycles. The number of carbonyl (C=O) groups is 3. The molecule has 9 heteroatoms. The summed E-state index contributed by atoms with van der Waals surface area (Å²) in [7, 11) is 0. The van der Waals surface area contributed by atoms with Crippen molar-refractivity contribution in [1.82, 2.24) is 10.6 Å². The summed E-state index contributed by atoms with van der Waals surface area (Å²) in [5.41, 5.74) is 2.05. The molecule has 4 aromatic rings. The van der Waals surface area contributed by atoms with Gasteiger partial charge in [-0.25, -0.2) is 0 Å². The maximum absolute atomic E-state index is 13.6. The number of nitrogens with zero attached hydrogens (tertiary/aromatic N) is 1. The van der Waals surface area contributed by atoms with Gasteiger partial charge in [0, 0.05) is 10.7 Å². The minimum atomic E-state index is -1.02. The minimum Gasteiger partial charge on any atom is -0.467 e. The van der Waals surface area contributed by atoms with Gasteiger partial charge in [0.05, 0.1) is 24.2 Å². The van der Waals surface area contributed by atoms with Gasteiger partial charge >= 0.3 is 0 Å². The average molecular weight is 522 g/mol. The van der Waals surface area contributed by atoms with Gasteiger partial charge in [-0.3, -0.25) is 19.3 Å². The molecule has 1 unspecified atom stereocenters. The van der Waals surface area contributed by atoms with Crippen molar-refractivity contribution in [2.45, 2.75) is 19.5 Å². The van der Waals surface area contributed by atoms with Crippen LogP contribution in [0.1, 0.15) is 32.6 Å². The Balaban J connectivity index is 1.67. The van der Waals surface area contributed by atoms with E-state index in [1.807, 2.05) is 31.2 Å². The van der Waals surface area contributed by atoms with Crippen molar-refractivity contribution in [3.8, 4) is 0 Å². The molecule has 2 aromatic heterocycles. The molecule has 0 saturated carbocycles. The number of carbonyl (C=O) groups excluding carboxylic acids is 3. The monoisotopic (exact) mass is 521 g/mol. The van der Waals surface area contributed by atoms with Crippen LogP contribution in [0.15, 0.2) is 88.9 Å². The van der Waals surface area contributed by atoms with Crippen molar-refractivity contribution in [3.63, 3.8) is 0 Å². The van der Waals surface area contributed by atoms with E-state index in [1.54, 1.807) is 53.9 Å². The quantitative estimate of drug-likeness (QED) is 0.319. The Morgan fingerprint density at radius 1 is 1.00 bits per heavy atom. The summed E-state index contributed by atoms with van der Waals surface area (Å²) in [5.74, 6) is -0.664. The van der Waals surface area contributed by atoms with E-state index in [-0.39, 0.29) is 19.0 Å². The summed E-state index contributed by atoms with van der Waals surface area (Å²) in [4.78, 5) is 41.5. The zero-order valence-electron chi connectivity index (χ0n) is 19.4. The van der Waals surface area contributed by atoms with E-state index < -0.39 is 17.9 Å². The zero-order chi connectivity index (χ0) is 25.5. The Morgan fingerprint density at radius 3 is 2.47 bits per heavy atom. The fourth-order valence-electron chi connectivity index (χ4n) is 3.65. The van der Waals surface area contributed by atoms with Crippen LogP contribution in [0.25, 0.3) is 0 Å². The molecule has 4 rings (SSSR count). The predicted molar refractivity (Wildman–Crippen MR) is 140 cm³/mol. The molecule has 0 fully saturated rings. The molecular formula is C27H24ClN3O4S. The third-order valence-electron chi connectivity index (χ3n) is 5.42. The third kappa shape index (κ3) is 6.21. The normalized spacial score (nSPS) is 11.5. The van der Waals surface area contributed by atoms with Gasteiger partial charge in [-0.2, -0.15) is 0 Å².